The van der Waals surface area contributed by atoms with Crippen LogP contribution in [0.4, 0.5) is 14.6 Å². The summed E-state index contributed by atoms with van der Waals surface area (Å²) in [5, 5.41) is 0.895. The number of nitrogens with zero attached hydrogens (tertiary/aromatic N) is 3. The first-order valence-electron chi connectivity index (χ1n) is 11.3. The summed E-state index contributed by atoms with van der Waals surface area (Å²) in [6.45, 7) is 5.33. The van der Waals surface area contributed by atoms with Gasteiger partial charge in [0.15, 0.2) is 0 Å². The average Bonchev–Trinajstić information content (AvgIpc) is 2.98. The number of benzene rings is 2. The van der Waals surface area contributed by atoms with Gasteiger partial charge in [-0.1, -0.05) is 0 Å². The lowest BCUT2D eigenvalue weighted by Gasteiger charge is -2.35. The molecule has 5 nitrogen and oxygen atoms in total. The highest BCUT2D eigenvalue weighted by Gasteiger charge is 2.29. The van der Waals surface area contributed by atoms with E-state index in [2.05, 4.69) is 16.8 Å². The number of hydrogen-bond acceptors (Lipinski definition) is 5. The Bertz CT molecular complexity index is 1290. The summed E-state index contributed by atoms with van der Waals surface area (Å²) in [5.74, 6) is 0.0803. The van der Waals surface area contributed by atoms with Crippen LogP contribution in [-0.4, -0.2) is 41.1 Å². The Labute approximate surface area is 195 Å². The Morgan fingerprint density at radius 3 is 2.76 bits per heavy atom. The summed E-state index contributed by atoms with van der Waals surface area (Å²) in [5.41, 5.74) is 2.33. The third-order valence-corrected chi connectivity index (χ3v) is 8.03. The molecule has 0 N–H and O–H groups in total. The Hall–Kier alpha value is -2.45. The number of aryl methyl sites for hydroxylation is 1. The van der Waals surface area contributed by atoms with E-state index in [0.717, 1.165) is 53.2 Å². The van der Waals surface area contributed by atoms with Crippen LogP contribution in [-0.2, 0) is 11.3 Å². The zero-order valence-corrected chi connectivity index (χ0v) is 19.8. The molecule has 0 radical (unpaired) electrons. The normalized spacial score (nSPS) is 20.8. The van der Waals surface area contributed by atoms with E-state index in [1.54, 1.807) is 23.4 Å². The number of thioether (sulfide) groups is 1. The largest absolute Gasteiger partial charge is 0.379 e. The minimum absolute atomic E-state index is 0.184. The van der Waals surface area contributed by atoms with Gasteiger partial charge in [-0.25, -0.2) is 13.6 Å². The third-order valence-electron chi connectivity index (χ3n) is 6.80. The van der Waals surface area contributed by atoms with Crippen molar-refractivity contribution in [2.24, 2.45) is 0 Å². The lowest BCUT2D eigenvalue weighted by atomic mass is 9.96. The maximum absolute atomic E-state index is 14.9. The lowest BCUT2D eigenvalue weighted by Crippen LogP contribution is -2.40. The van der Waals surface area contributed by atoms with Crippen molar-refractivity contribution in [2.75, 3.05) is 24.3 Å². The molecule has 2 aliphatic heterocycles. The highest BCUT2D eigenvalue weighted by atomic mass is 32.2. The maximum atomic E-state index is 14.9. The van der Waals surface area contributed by atoms with Crippen LogP contribution in [0.2, 0.25) is 0 Å². The summed E-state index contributed by atoms with van der Waals surface area (Å²) < 4.78 is 35.9. The average molecular weight is 472 g/mol. The van der Waals surface area contributed by atoms with Gasteiger partial charge < -0.3 is 9.64 Å². The van der Waals surface area contributed by atoms with Crippen molar-refractivity contribution >= 4 is 28.5 Å². The molecular weight excluding hydrogens is 444 g/mol. The van der Waals surface area contributed by atoms with Gasteiger partial charge in [-0.3, -0.25) is 4.57 Å². The molecule has 2 aliphatic rings. The zero-order chi connectivity index (χ0) is 23.3. The van der Waals surface area contributed by atoms with Gasteiger partial charge in [-0.05, 0) is 56.9 Å². The molecule has 0 unspecified atom stereocenters. The summed E-state index contributed by atoms with van der Waals surface area (Å²) in [4.78, 5) is 20.9. The Balaban J connectivity index is 1.85. The minimum atomic E-state index is -0.616. The quantitative estimate of drug-likeness (QED) is 0.529. The molecule has 0 spiro atoms. The number of methoxy groups -OCH3 is 1. The van der Waals surface area contributed by atoms with Gasteiger partial charge in [0.2, 0.25) is 0 Å². The second-order valence-corrected chi connectivity index (χ2v) is 9.98. The van der Waals surface area contributed by atoms with Crippen molar-refractivity contribution in [3.8, 4) is 11.1 Å². The first-order valence-corrected chi connectivity index (χ1v) is 12.3. The van der Waals surface area contributed by atoms with E-state index < -0.39 is 11.6 Å². The molecule has 8 heteroatoms. The van der Waals surface area contributed by atoms with E-state index in [1.165, 1.54) is 12.1 Å². The summed E-state index contributed by atoms with van der Waals surface area (Å²) in [6, 6.07) is 5.95. The smallest absolute Gasteiger partial charge is 0.350 e. The number of aromatic nitrogens is 2. The van der Waals surface area contributed by atoms with Crippen LogP contribution in [0.25, 0.3) is 22.0 Å². The van der Waals surface area contributed by atoms with Crippen LogP contribution in [0, 0.1) is 18.6 Å². The fraction of sp³-hybridized carbons (Fsp3) is 0.440. The maximum Gasteiger partial charge on any atom is 0.350 e. The van der Waals surface area contributed by atoms with E-state index in [9.17, 15) is 13.6 Å². The van der Waals surface area contributed by atoms with Gasteiger partial charge in [0, 0.05) is 52.9 Å². The van der Waals surface area contributed by atoms with E-state index >= 15 is 0 Å². The number of halogens is 2. The molecule has 0 saturated carbocycles. The molecular formula is C25H27F2N3O2S. The Morgan fingerprint density at radius 1 is 1.21 bits per heavy atom. The van der Waals surface area contributed by atoms with Gasteiger partial charge in [0.1, 0.15) is 17.5 Å². The molecule has 2 aromatic carbocycles. The van der Waals surface area contributed by atoms with Crippen LogP contribution in [0.1, 0.15) is 31.7 Å². The fourth-order valence-electron chi connectivity index (χ4n) is 5.07. The number of rotatable bonds is 3. The second kappa shape index (κ2) is 8.72. The zero-order valence-electron chi connectivity index (χ0n) is 19.0. The second-order valence-electron chi connectivity index (χ2n) is 8.95. The van der Waals surface area contributed by atoms with Crippen LogP contribution < -0.4 is 10.6 Å². The van der Waals surface area contributed by atoms with Gasteiger partial charge in [0.25, 0.3) is 0 Å². The number of anilines is 1. The highest BCUT2D eigenvalue weighted by Crippen LogP contribution is 2.44. The number of piperidine rings is 1. The van der Waals surface area contributed by atoms with Crippen molar-refractivity contribution in [1.29, 1.82) is 0 Å². The first kappa shape index (κ1) is 22.3. The number of hydrogen-bond donors (Lipinski definition) is 0. The predicted octanol–water partition coefficient (Wildman–Crippen LogP) is 5.15. The Morgan fingerprint density at radius 2 is 2.03 bits per heavy atom. The van der Waals surface area contributed by atoms with Crippen LogP contribution in [0.5, 0.6) is 0 Å². The fourth-order valence-corrected chi connectivity index (χ4v) is 6.43. The van der Waals surface area contributed by atoms with E-state index in [4.69, 9.17) is 4.74 Å². The van der Waals surface area contributed by atoms with Crippen molar-refractivity contribution in [3.63, 3.8) is 0 Å². The van der Waals surface area contributed by atoms with E-state index in [1.807, 2.05) is 13.0 Å². The molecule has 33 heavy (non-hydrogen) atoms. The van der Waals surface area contributed by atoms with Crippen molar-refractivity contribution in [3.05, 3.63) is 51.9 Å². The molecule has 0 bridgehead atoms. The van der Waals surface area contributed by atoms with E-state index in [0.29, 0.717) is 29.2 Å². The van der Waals surface area contributed by atoms with Gasteiger partial charge in [-0.2, -0.15) is 4.98 Å². The monoisotopic (exact) mass is 471 g/mol. The molecule has 3 heterocycles. The minimum Gasteiger partial charge on any atom is -0.379 e. The Kier molecular flexibility index (Phi) is 5.91. The van der Waals surface area contributed by atoms with Crippen LogP contribution in [0.15, 0.2) is 34.0 Å². The van der Waals surface area contributed by atoms with Crippen molar-refractivity contribution in [2.45, 2.75) is 56.7 Å². The standard InChI is InChI=1S/C25H27F2N3O2S/c1-14-10-19-22-23(21(14)18-8-7-16(26)11-20(18)27)33-13-17(32-3)12-30(22)25(31)28-24(19)29-9-5-4-6-15(29)2/h7-8,10-11,15,17H,4-6,9,12-13H2,1-3H3/t15-,17+/m0/s1. The lowest BCUT2D eigenvalue weighted by molar-refractivity contribution is 0.107. The van der Waals surface area contributed by atoms with Gasteiger partial charge in [0.05, 0.1) is 18.2 Å². The third kappa shape index (κ3) is 3.83. The summed E-state index contributed by atoms with van der Waals surface area (Å²) in [6.07, 6.45) is 3.09. The van der Waals surface area contributed by atoms with Gasteiger partial charge in [-0.15, -0.1) is 11.8 Å². The van der Waals surface area contributed by atoms with Crippen molar-refractivity contribution < 1.29 is 13.5 Å². The molecule has 3 aromatic rings. The molecule has 5 rings (SSSR count). The summed E-state index contributed by atoms with van der Waals surface area (Å²) >= 11 is 1.56. The molecule has 0 amide bonds. The van der Waals surface area contributed by atoms with Crippen LogP contribution >= 0.6 is 11.8 Å². The van der Waals surface area contributed by atoms with Gasteiger partial charge >= 0.3 is 5.69 Å². The molecule has 0 aliphatic carbocycles. The SMILES string of the molecule is CO[C@H]1CSc2c(-c3ccc(F)cc3F)c(C)cc3c(N4CCCC[C@@H]4C)nc(=O)n(c23)C1. The highest BCUT2D eigenvalue weighted by molar-refractivity contribution is 7.99. The van der Waals surface area contributed by atoms with Crippen molar-refractivity contribution in [1.82, 2.24) is 9.55 Å². The first-order chi connectivity index (χ1) is 15.9. The van der Waals surface area contributed by atoms with Crippen LogP contribution in [0.3, 0.4) is 0 Å². The molecule has 1 saturated heterocycles. The topological polar surface area (TPSA) is 47.4 Å². The number of ether oxygens (including phenoxy) is 1. The molecule has 2 atom stereocenters. The summed E-state index contributed by atoms with van der Waals surface area (Å²) in [7, 11) is 1.63. The molecule has 174 valence electrons. The van der Waals surface area contributed by atoms with E-state index in [-0.39, 0.29) is 17.8 Å². The predicted molar refractivity (Wildman–Crippen MR) is 128 cm³/mol. The molecule has 1 fully saturated rings. The molecule has 1 aromatic heterocycles.